The molecule has 1 atom stereocenters. The lowest BCUT2D eigenvalue weighted by molar-refractivity contribution is -0.122. The molecular formula is C17H12Cl2FN3O2S. The van der Waals surface area contributed by atoms with Gasteiger partial charge >= 0.3 is 0 Å². The number of nitrogens with one attached hydrogen (secondary N) is 2. The number of amidine groups is 1. The standard InChI is InChI=1S/C17H12Cl2FN3O2S/c18-9-1-3-10(4-2-9)22-17-23-16(25)14(26-17)8-15(24)21-11-5-6-13(20)12(19)7-11/h1-7,14H,8H2,(H,21,24)(H,22,23,25). The SMILES string of the molecule is O=C(CC1SC(=Nc2ccc(Cl)cc2)NC1=O)Nc1ccc(F)c(Cl)c1. The van der Waals surface area contributed by atoms with E-state index in [1.165, 1.54) is 23.9 Å². The van der Waals surface area contributed by atoms with E-state index in [-0.39, 0.29) is 23.3 Å². The maximum absolute atomic E-state index is 13.1. The van der Waals surface area contributed by atoms with Crippen LogP contribution in [-0.2, 0) is 9.59 Å². The maximum atomic E-state index is 13.1. The van der Waals surface area contributed by atoms with Crippen molar-refractivity contribution in [3.8, 4) is 0 Å². The number of benzene rings is 2. The molecule has 1 unspecified atom stereocenters. The van der Waals surface area contributed by atoms with E-state index in [1.807, 2.05) is 0 Å². The average Bonchev–Trinajstić information content (AvgIpc) is 2.92. The van der Waals surface area contributed by atoms with Crippen molar-refractivity contribution in [2.45, 2.75) is 11.7 Å². The van der Waals surface area contributed by atoms with Gasteiger partial charge in [-0.3, -0.25) is 9.59 Å². The molecule has 2 amide bonds. The zero-order valence-electron chi connectivity index (χ0n) is 13.1. The van der Waals surface area contributed by atoms with Gasteiger partial charge in [0.25, 0.3) is 0 Å². The monoisotopic (exact) mass is 411 g/mol. The fourth-order valence-electron chi connectivity index (χ4n) is 2.18. The smallest absolute Gasteiger partial charge is 0.240 e. The minimum Gasteiger partial charge on any atom is -0.326 e. The Balaban J connectivity index is 1.61. The molecule has 1 fully saturated rings. The predicted octanol–water partition coefficient (Wildman–Crippen LogP) is 4.38. The van der Waals surface area contributed by atoms with Crippen LogP contribution in [0.4, 0.5) is 15.8 Å². The third-order valence-electron chi connectivity index (χ3n) is 3.41. The Morgan fingerprint density at radius 1 is 1.23 bits per heavy atom. The summed E-state index contributed by atoms with van der Waals surface area (Å²) in [4.78, 5) is 28.5. The molecule has 0 radical (unpaired) electrons. The van der Waals surface area contributed by atoms with E-state index < -0.39 is 11.1 Å². The van der Waals surface area contributed by atoms with Crippen LogP contribution in [0.3, 0.4) is 0 Å². The first-order valence-corrected chi connectivity index (χ1v) is 9.11. The molecule has 26 heavy (non-hydrogen) atoms. The second kappa shape index (κ2) is 8.07. The van der Waals surface area contributed by atoms with Crippen LogP contribution in [0.25, 0.3) is 0 Å². The topological polar surface area (TPSA) is 70.6 Å². The normalized spacial score (nSPS) is 18.0. The van der Waals surface area contributed by atoms with Crippen LogP contribution < -0.4 is 10.6 Å². The molecule has 2 aromatic rings. The highest BCUT2D eigenvalue weighted by atomic mass is 35.5. The van der Waals surface area contributed by atoms with Crippen LogP contribution in [0.2, 0.25) is 10.0 Å². The minimum absolute atomic E-state index is 0.0505. The second-order valence-electron chi connectivity index (χ2n) is 5.37. The van der Waals surface area contributed by atoms with E-state index in [0.717, 1.165) is 6.07 Å². The van der Waals surface area contributed by atoms with E-state index in [2.05, 4.69) is 15.6 Å². The lowest BCUT2D eigenvalue weighted by Gasteiger charge is -2.08. The van der Waals surface area contributed by atoms with Crippen molar-refractivity contribution in [3.05, 3.63) is 58.3 Å². The lowest BCUT2D eigenvalue weighted by Crippen LogP contribution is -2.28. The molecule has 2 aromatic carbocycles. The van der Waals surface area contributed by atoms with Crippen molar-refractivity contribution in [1.82, 2.24) is 5.32 Å². The number of hydrogen-bond donors (Lipinski definition) is 2. The summed E-state index contributed by atoms with van der Waals surface area (Å²) in [5.41, 5.74) is 1.00. The van der Waals surface area contributed by atoms with Crippen molar-refractivity contribution < 1.29 is 14.0 Å². The predicted molar refractivity (Wildman–Crippen MR) is 103 cm³/mol. The van der Waals surface area contributed by atoms with Crippen molar-refractivity contribution in [2.24, 2.45) is 4.99 Å². The summed E-state index contributed by atoms with van der Waals surface area (Å²) >= 11 is 12.7. The van der Waals surface area contributed by atoms with Gasteiger partial charge in [-0.15, -0.1) is 0 Å². The molecule has 1 aliphatic heterocycles. The Hall–Kier alpha value is -2.09. The van der Waals surface area contributed by atoms with Gasteiger partial charge in [0.2, 0.25) is 11.8 Å². The van der Waals surface area contributed by atoms with Crippen molar-refractivity contribution in [2.75, 3.05) is 5.32 Å². The number of nitrogens with zero attached hydrogens (tertiary/aromatic N) is 1. The summed E-state index contributed by atoms with van der Waals surface area (Å²) in [5, 5.41) is 5.55. The Labute approximate surface area is 163 Å². The third kappa shape index (κ3) is 4.75. The molecule has 3 rings (SSSR count). The number of anilines is 1. The first kappa shape index (κ1) is 18.7. The van der Waals surface area contributed by atoms with Crippen LogP contribution >= 0.6 is 35.0 Å². The van der Waals surface area contributed by atoms with Crippen LogP contribution in [0.5, 0.6) is 0 Å². The summed E-state index contributed by atoms with van der Waals surface area (Å²) in [6, 6.07) is 10.7. The fraction of sp³-hybridized carbons (Fsp3) is 0.118. The Morgan fingerprint density at radius 2 is 1.96 bits per heavy atom. The molecule has 0 aliphatic carbocycles. The van der Waals surface area contributed by atoms with E-state index >= 15 is 0 Å². The van der Waals surface area contributed by atoms with Gasteiger partial charge < -0.3 is 10.6 Å². The first-order chi connectivity index (χ1) is 12.4. The Kier molecular flexibility index (Phi) is 5.80. The van der Waals surface area contributed by atoms with Gasteiger partial charge in [-0.25, -0.2) is 9.38 Å². The van der Waals surface area contributed by atoms with E-state index in [9.17, 15) is 14.0 Å². The zero-order chi connectivity index (χ0) is 18.7. The molecule has 2 N–H and O–H groups in total. The Bertz CT molecular complexity index is 890. The van der Waals surface area contributed by atoms with Crippen LogP contribution in [0.1, 0.15) is 6.42 Å². The van der Waals surface area contributed by atoms with Gasteiger partial charge in [-0.1, -0.05) is 35.0 Å². The van der Waals surface area contributed by atoms with Gasteiger partial charge in [-0.2, -0.15) is 0 Å². The summed E-state index contributed by atoms with van der Waals surface area (Å²) in [6.07, 6.45) is -0.0505. The molecule has 0 saturated carbocycles. The van der Waals surface area contributed by atoms with Gasteiger partial charge in [0, 0.05) is 17.1 Å². The van der Waals surface area contributed by atoms with Crippen molar-refractivity contribution in [1.29, 1.82) is 0 Å². The molecule has 5 nitrogen and oxygen atoms in total. The van der Waals surface area contributed by atoms with Gasteiger partial charge in [0.15, 0.2) is 5.17 Å². The zero-order valence-corrected chi connectivity index (χ0v) is 15.5. The fourth-order valence-corrected chi connectivity index (χ4v) is 3.47. The number of halogens is 3. The van der Waals surface area contributed by atoms with Gasteiger partial charge in [0.05, 0.1) is 10.7 Å². The number of thioether (sulfide) groups is 1. The van der Waals surface area contributed by atoms with Crippen LogP contribution in [-0.4, -0.2) is 22.2 Å². The van der Waals surface area contributed by atoms with Gasteiger partial charge in [0.1, 0.15) is 11.1 Å². The number of carbonyl (C=O) groups excluding carboxylic acids is 2. The molecule has 0 bridgehead atoms. The molecular weight excluding hydrogens is 400 g/mol. The highest BCUT2D eigenvalue weighted by Crippen LogP contribution is 2.26. The number of carbonyl (C=O) groups is 2. The van der Waals surface area contributed by atoms with Crippen molar-refractivity contribution >= 4 is 63.3 Å². The lowest BCUT2D eigenvalue weighted by atomic mass is 10.2. The molecule has 1 aliphatic rings. The maximum Gasteiger partial charge on any atom is 0.240 e. The largest absolute Gasteiger partial charge is 0.326 e. The second-order valence-corrected chi connectivity index (χ2v) is 7.41. The molecule has 0 spiro atoms. The summed E-state index contributed by atoms with van der Waals surface area (Å²) in [6.45, 7) is 0. The molecule has 1 heterocycles. The summed E-state index contributed by atoms with van der Waals surface area (Å²) < 4.78 is 13.1. The van der Waals surface area contributed by atoms with Gasteiger partial charge in [-0.05, 0) is 42.5 Å². The molecule has 134 valence electrons. The van der Waals surface area contributed by atoms with E-state index in [0.29, 0.717) is 21.6 Å². The quantitative estimate of drug-likeness (QED) is 0.783. The number of aliphatic imine (C=N–C) groups is 1. The Morgan fingerprint density at radius 3 is 2.65 bits per heavy atom. The average molecular weight is 412 g/mol. The first-order valence-electron chi connectivity index (χ1n) is 7.47. The van der Waals surface area contributed by atoms with Crippen LogP contribution in [0.15, 0.2) is 47.5 Å². The van der Waals surface area contributed by atoms with Crippen molar-refractivity contribution in [3.63, 3.8) is 0 Å². The molecule has 9 heteroatoms. The summed E-state index contributed by atoms with van der Waals surface area (Å²) in [5.74, 6) is -1.25. The number of amides is 2. The summed E-state index contributed by atoms with van der Waals surface area (Å²) in [7, 11) is 0. The molecule has 0 aromatic heterocycles. The molecule has 1 saturated heterocycles. The number of hydrogen-bond acceptors (Lipinski definition) is 4. The highest BCUT2D eigenvalue weighted by Gasteiger charge is 2.32. The van der Waals surface area contributed by atoms with E-state index in [4.69, 9.17) is 23.2 Å². The highest BCUT2D eigenvalue weighted by molar-refractivity contribution is 8.15. The number of rotatable bonds is 4. The van der Waals surface area contributed by atoms with Crippen LogP contribution in [0, 0.1) is 5.82 Å². The van der Waals surface area contributed by atoms with E-state index in [1.54, 1.807) is 24.3 Å². The minimum atomic E-state index is -0.600. The third-order valence-corrected chi connectivity index (χ3v) is 5.03.